The molecule has 0 aromatic carbocycles. The SMILES string of the molecule is CSCC(=O)N1CCCC(CCO)C1. The molecule has 14 heavy (non-hydrogen) atoms. The van der Waals surface area contributed by atoms with Gasteiger partial charge in [-0.25, -0.2) is 0 Å². The number of likely N-dealkylation sites (tertiary alicyclic amines) is 1. The molecule has 4 heteroatoms. The molecule has 1 heterocycles. The van der Waals surface area contributed by atoms with Crippen LogP contribution in [0.3, 0.4) is 0 Å². The summed E-state index contributed by atoms with van der Waals surface area (Å²) < 4.78 is 0. The quantitative estimate of drug-likeness (QED) is 0.763. The maximum Gasteiger partial charge on any atom is 0.232 e. The summed E-state index contributed by atoms with van der Waals surface area (Å²) in [7, 11) is 0. The fourth-order valence-electron chi connectivity index (χ4n) is 1.92. The first-order valence-electron chi connectivity index (χ1n) is 5.15. The van der Waals surface area contributed by atoms with Crippen LogP contribution in [0.5, 0.6) is 0 Å². The van der Waals surface area contributed by atoms with Crippen molar-refractivity contribution < 1.29 is 9.90 Å². The minimum Gasteiger partial charge on any atom is -0.396 e. The van der Waals surface area contributed by atoms with Gasteiger partial charge in [0.25, 0.3) is 0 Å². The van der Waals surface area contributed by atoms with Crippen LogP contribution < -0.4 is 0 Å². The van der Waals surface area contributed by atoms with E-state index >= 15 is 0 Å². The fourth-order valence-corrected chi connectivity index (χ4v) is 2.35. The molecule has 0 saturated carbocycles. The third kappa shape index (κ3) is 3.50. The maximum absolute atomic E-state index is 11.6. The summed E-state index contributed by atoms with van der Waals surface area (Å²) in [4.78, 5) is 13.5. The van der Waals surface area contributed by atoms with E-state index in [4.69, 9.17) is 5.11 Å². The predicted octanol–water partition coefficient (Wildman–Crippen LogP) is 0.970. The molecule has 1 saturated heterocycles. The molecule has 3 nitrogen and oxygen atoms in total. The number of aliphatic hydroxyl groups excluding tert-OH is 1. The van der Waals surface area contributed by atoms with Crippen molar-refractivity contribution in [2.24, 2.45) is 5.92 Å². The molecule has 1 unspecified atom stereocenters. The van der Waals surface area contributed by atoms with Gasteiger partial charge in [0.15, 0.2) is 0 Å². The topological polar surface area (TPSA) is 40.5 Å². The van der Waals surface area contributed by atoms with Crippen LogP contribution in [0.1, 0.15) is 19.3 Å². The third-order valence-electron chi connectivity index (χ3n) is 2.68. The van der Waals surface area contributed by atoms with E-state index in [1.54, 1.807) is 11.8 Å². The Morgan fingerprint density at radius 3 is 3.07 bits per heavy atom. The normalized spacial score (nSPS) is 22.4. The zero-order valence-electron chi connectivity index (χ0n) is 8.74. The Bertz CT molecular complexity index is 185. The number of carbonyl (C=O) groups excluding carboxylic acids is 1. The standard InChI is InChI=1S/C10H19NO2S/c1-14-8-10(13)11-5-2-3-9(7-11)4-6-12/h9,12H,2-8H2,1H3. The highest BCUT2D eigenvalue weighted by atomic mass is 32.2. The molecule has 0 aromatic heterocycles. The summed E-state index contributed by atoms with van der Waals surface area (Å²) in [5, 5.41) is 8.84. The Kier molecular flexibility index (Phi) is 5.33. The molecule has 1 rings (SSSR count). The number of thioether (sulfide) groups is 1. The van der Waals surface area contributed by atoms with Gasteiger partial charge < -0.3 is 10.0 Å². The second-order valence-electron chi connectivity index (χ2n) is 3.79. The van der Waals surface area contributed by atoms with E-state index in [1.807, 2.05) is 11.2 Å². The van der Waals surface area contributed by atoms with Crippen molar-refractivity contribution in [2.75, 3.05) is 31.7 Å². The Hall–Kier alpha value is -0.220. The van der Waals surface area contributed by atoms with Gasteiger partial charge in [-0.2, -0.15) is 11.8 Å². The largest absolute Gasteiger partial charge is 0.396 e. The molecule has 0 aromatic rings. The lowest BCUT2D eigenvalue weighted by Gasteiger charge is -2.32. The van der Waals surface area contributed by atoms with Gasteiger partial charge in [0.05, 0.1) is 5.75 Å². The lowest BCUT2D eigenvalue weighted by Crippen LogP contribution is -2.41. The highest BCUT2D eigenvalue weighted by molar-refractivity contribution is 7.99. The molecule has 1 amide bonds. The second-order valence-corrected chi connectivity index (χ2v) is 4.66. The highest BCUT2D eigenvalue weighted by Crippen LogP contribution is 2.19. The smallest absolute Gasteiger partial charge is 0.232 e. The first kappa shape index (κ1) is 11.9. The lowest BCUT2D eigenvalue weighted by atomic mass is 9.95. The Morgan fingerprint density at radius 1 is 1.64 bits per heavy atom. The van der Waals surface area contributed by atoms with Crippen LogP contribution in [0.15, 0.2) is 0 Å². The zero-order valence-corrected chi connectivity index (χ0v) is 9.55. The minimum atomic E-state index is 0.245. The highest BCUT2D eigenvalue weighted by Gasteiger charge is 2.22. The van der Waals surface area contributed by atoms with E-state index in [0.717, 1.165) is 32.4 Å². The summed E-state index contributed by atoms with van der Waals surface area (Å²) in [6.45, 7) is 2.00. The molecule has 1 atom stereocenters. The average molecular weight is 217 g/mol. The van der Waals surface area contributed by atoms with Gasteiger partial charge in [-0.15, -0.1) is 0 Å². The molecule has 0 aliphatic carbocycles. The molecular formula is C10H19NO2S. The summed E-state index contributed by atoms with van der Waals surface area (Å²) >= 11 is 1.58. The first-order valence-corrected chi connectivity index (χ1v) is 6.55. The van der Waals surface area contributed by atoms with Gasteiger partial charge in [0, 0.05) is 19.7 Å². The van der Waals surface area contributed by atoms with Crippen LogP contribution in [-0.2, 0) is 4.79 Å². The number of piperidine rings is 1. The Labute approximate surface area is 89.9 Å². The van der Waals surface area contributed by atoms with Gasteiger partial charge in [-0.3, -0.25) is 4.79 Å². The number of aliphatic hydroxyl groups is 1. The number of carbonyl (C=O) groups is 1. The van der Waals surface area contributed by atoms with E-state index in [-0.39, 0.29) is 12.5 Å². The van der Waals surface area contributed by atoms with Crippen LogP contribution in [-0.4, -0.2) is 47.6 Å². The van der Waals surface area contributed by atoms with Crippen LogP contribution in [0.25, 0.3) is 0 Å². The molecule has 0 bridgehead atoms. The Morgan fingerprint density at radius 2 is 2.43 bits per heavy atom. The summed E-state index contributed by atoms with van der Waals surface area (Å²) in [6, 6.07) is 0. The van der Waals surface area contributed by atoms with Crippen molar-refractivity contribution in [2.45, 2.75) is 19.3 Å². The zero-order chi connectivity index (χ0) is 10.4. The van der Waals surface area contributed by atoms with E-state index in [2.05, 4.69) is 0 Å². The van der Waals surface area contributed by atoms with E-state index in [0.29, 0.717) is 11.7 Å². The fraction of sp³-hybridized carbons (Fsp3) is 0.900. The number of nitrogens with zero attached hydrogens (tertiary/aromatic N) is 1. The molecule has 1 aliphatic heterocycles. The summed E-state index contributed by atoms with van der Waals surface area (Å²) in [5.41, 5.74) is 0. The van der Waals surface area contributed by atoms with Crippen LogP contribution in [0.2, 0.25) is 0 Å². The molecular weight excluding hydrogens is 198 g/mol. The van der Waals surface area contributed by atoms with Crippen molar-refractivity contribution in [1.29, 1.82) is 0 Å². The monoisotopic (exact) mass is 217 g/mol. The predicted molar refractivity (Wildman–Crippen MR) is 59.4 cm³/mol. The molecule has 0 spiro atoms. The maximum atomic E-state index is 11.6. The molecule has 82 valence electrons. The van der Waals surface area contributed by atoms with Crippen molar-refractivity contribution in [3.63, 3.8) is 0 Å². The van der Waals surface area contributed by atoms with Crippen molar-refractivity contribution >= 4 is 17.7 Å². The van der Waals surface area contributed by atoms with Gasteiger partial charge in [-0.05, 0) is 31.4 Å². The first-order chi connectivity index (χ1) is 6.77. The van der Waals surface area contributed by atoms with Crippen LogP contribution >= 0.6 is 11.8 Å². The van der Waals surface area contributed by atoms with Gasteiger partial charge in [-0.1, -0.05) is 0 Å². The van der Waals surface area contributed by atoms with Gasteiger partial charge >= 0.3 is 0 Å². The Balaban J connectivity index is 2.35. The number of hydrogen-bond donors (Lipinski definition) is 1. The van der Waals surface area contributed by atoms with Gasteiger partial charge in [0.1, 0.15) is 0 Å². The van der Waals surface area contributed by atoms with Crippen LogP contribution in [0, 0.1) is 5.92 Å². The van der Waals surface area contributed by atoms with Gasteiger partial charge in [0.2, 0.25) is 5.91 Å². The van der Waals surface area contributed by atoms with E-state index < -0.39 is 0 Å². The minimum absolute atomic E-state index is 0.245. The number of rotatable bonds is 4. The van der Waals surface area contributed by atoms with Crippen molar-refractivity contribution in [1.82, 2.24) is 4.90 Å². The molecule has 1 aliphatic rings. The third-order valence-corrected chi connectivity index (χ3v) is 3.21. The number of amides is 1. The second kappa shape index (κ2) is 6.30. The van der Waals surface area contributed by atoms with Crippen LogP contribution in [0.4, 0.5) is 0 Å². The average Bonchev–Trinajstić information content (AvgIpc) is 2.19. The molecule has 1 N–H and O–H groups in total. The van der Waals surface area contributed by atoms with Crippen molar-refractivity contribution in [3.05, 3.63) is 0 Å². The summed E-state index contributed by atoms with van der Waals surface area (Å²) in [6.07, 6.45) is 5.03. The van der Waals surface area contributed by atoms with E-state index in [9.17, 15) is 4.79 Å². The number of hydrogen-bond acceptors (Lipinski definition) is 3. The van der Waals surface area contributed by atoms with E-state index in [1.165, 1.54) is 0 Å². The summed E-state index contributed by atoms with van der Waals surface area (Å²) in [5.74, 6) is 1.35. The van der Waals surface area contributed by atoms with Crippen molar-refractivity contribution in [3.8, 4) is 0 Å². The molecule has 1 fully saturated rings. The lowest BCUT2D eigenvalue weighted by molar-refractivity contribution is -0.130. The molecule has 0 radical (unpaired) electrons.